The maximum atomic E-state index is 14.6. The van der Waals surface area contributed by atoms with Crippen LogP contribution in [0.4, 0.5) is 34.9 Å². The Hall–Kier alpha value is -3.93. The lowest BCUT2D eigenvalue weighted by Crippen LogP contribution is -2.06. The van der Waals surface area contributed by atoms with Crippen molar-refractivity contribution < 1.29 is 27.4 Å². The highest BCUT2D eigenvalue weighted by Crippen LogP contribution is 2.31. The van der Waals surface area contributed by atoms with Crippen LogP contribution in [0.2, 0.25) is 0 Å². The molecule has 0 fully saturated rings. The van der Waals surface area contributed by atoms with Gasteiger partial charge in [0.05, 0.1) is 23.4 Å². The second-order valence-electron chi connectivity index (χ2n) is 6.28. The Morgan fingerprint density at radius 1 is 1.13 bits per heavy atom. The number of anilines is 3. The van der Waals surface area contributed by atoms with Crippen LogP contribution in [0, 0.1) is 11.6 Å². The number of nitrogens with zero attached hydrogens (tertiary/aromatic N) is 4. The Labute approximate surface area is 171 Å². The first-order valence-corrected chi connectivity index (χ1v) is 8.78. The van der Waals surface area contributed by atoms with E-state index in [0.29, 0.717) is 5.69 Å². The van der Waals surface area contributed by atoms with Gasteiger partial charge in [-0.05, 0) is 30.3 Å². The number of hydrogen-bond acceptors (Lipinski definition) is 7. The van der Waals surface area contributed by atoms with Crippen molar-refractivity contribution in [2.24, 2.45) is 0 Å². The van der Waals surface area contributed by atoms with Gasteiger partial charge in [0.15, 0.2) is 17.5 Å². The van der Waals surface area contributed by atoms with Gasteiger partial charge in [-0.2, -0.15) is 18.3 Å². The second kappa shape index (κ2) is 8.07. The van der Waals surface area contributed by atoms with Gasteiger partial charge in [0.2, 0.25) is 5.82 Å². The first kappa shape index (κ1) is 20.3. The Morgan fingerprint density at radius 3 is 2.55 bits per heavy atom. The van der Waals surface area contributed by atoms with Crippen LogP contribution in [0.15, 0.2) is 42.6 Å². The summed E-state index contributed by atoms with van der Waals surface area (Å²) in [6, 6.07) is 7.61. The highest BCUT2D eigenvalue weighted by molar-refractivity contribution is 5.80. The third-order valence-corrected chi connectivity index (χ3v) is 4.26. The molecule has 0 bridgehead atoms. The predicted octanol–water partition coefficient (Wildman–Crippen LogP) is 3.49. The summed E-state index contributed by atoms with van der Waals surface area (Å²) < 4.78 is 58.5. The predicted molar refractivity (Wildman–Crippen MR) is 103 cm³/mol. The van der Waals surface area contributed by atoms with E-state index in [9.17, 15) is 22.7 Å². The zero-order valence-electron chi connectivity index (χ0n) is 15.6. The van der Waals surface area contributed by atoms with Gasteiger partial charge in [-0.1, -0.05) is 0 Å². The number of nitrogens with two attached hydrogens (primary N) is 1. The normalized spacial score (nSPS) is 11.3. The molecule has 0 saturated heterocycles. The van der Waals surface area contributed by atoms with Gasteiger partial charge in [-0.25, -0.2) is 18.9 Å². The summed E-state index contributed by atoms with van der Waals surface area (Å²) in [4.78, 5) is 8.03. The zero-order valence-corrected chi connectivity index (χ0v) is 15.6. The van der Waals surface area contributed by atoms with Crippen molar-refractivity contribution in [1.29, 1.82) is 0 Å². The molecule has 0 spiro atoms. The number of fused-ring (bicyclic) bond motifs is 1. The number of nitrogen functional groups attached to an aromatic ring is 1. The standard InChI is InChI=1S/C19H14F4N6O2/c20-9-5-6-29-13(7-9)14(12(8-30)28-29)17-26-16(24)15(21)18(27-17)25-10-1-3-11(4-2-10)31-19(22)23/h1-7,19,30H,8H2,(H3,24,25,26,27). The van der Waals surface area contributed by atoms with Crippen LogP contribution in [0.3, 0.4) is 0 Å². The van der Waals surface area contributed by atoms with E-state index < -0.39 is 30.7 Å². The molecule has 0 unspecified atom stereocenters. The van der Waals surface area contributed by atoms with E-state index in [1.807, 2.05) is 0 Å². The number of aliphatic hydroxyl groups excluding tert-OH is 1. The SMILES string of the molecule is Nc1nc(-c2c(CO)nn3ccc(F)cc23)nc(Nc2ccc(OC(F)F)cc2)c1F. The van der Waals surface area contributed by atoms with Gasteiger partial charge < -0.3 is 20.9 Å². The quantitative estimate of drug-likeness (QED) is 0.399. The summed E-state index contributed by atoms with van der Waals surface area (Å²) in [6.45, 7) is -3.48. The highest BCUT2D eigenvalue weighted by atomic mass is 19.3. The first-order valence-electron chi connectivity index (χ1n) is 8.78. The van der Waals surface area contributed by atoms with E-state index in [-0.39, 0.29) is 34.2 Å². The molecular formula is C19H14F4N6O2. The fraction of sp³-hybridized carbons (Fsp3) is 0.105. The Kier molecular flexibility index (Phi) is 5.29. The van der Waals surface area contributed by atoms with E-state index >= 15 is 0 Å². The van der Waals surface area contributed by atoms with E-state index in [1.54, 1.807) is 0 Å². The van der Waals surface area contributed by atoms with E-state index in [4.69, 9.17) is 5.73 Å². The molecule has 0 aliphatic heterocycles. The summed E-state index contributed by atoms with van der Waals surface area (Å²) in [7, 11) is 0. The number of hydrogen-bond donors (Lipinski definition) is 3. The minimum Gasteiger partial charge on any atom is -0.435 e. The number of nitrogens with one attached hydrogen (secondary N) is 1. The number of alkyl halides is 2. The van der Waals surface area contributed by atoms with E-state index in [2.05, 4.69) is 25.1 Å². The highest BCUT2D eigenvalue weighted by Gasteiger charge is 2.21. The summed E-state index contributed by atoms with van der Waals surface area (Å²) >= 11 is 0. The maximum Gasteiger partial charge on any atom is 0.387 e. The molecule has 31 heavy (non-hydrogen) atoms. The van der Waals surface area contributed by atoms with Crippen molar-refractivity contribution in [2.75, 3.05) is 11.1 Å². The fourth-order valence-corrected chi connectivity index (χ4v) is 2.94. The van der Waals surface area contributed by atoms with E-state index in [1.165, 1.54) is 47.1 Å². The van der Waals surface area contributed by atoms with Crippen molar-refractivity contribution >= 4 is 22.8 Å². The van der Waals surface area contributed by atoms with Crippen molar-refractivity contribution in [3.63, 3.8) is 0 Å². The van der Waals surface area contributed by atoms with E-state index in [0.717, 1.165) is 0 Å². The summed E-state index contributed by atoms with van der Waals surface area (Å²) in [5, 5.41) is 16.5. The molecule has 4 aromatic rings. The molecule has 3 aromatic heterocycles. The summed E-state index contributed by atoms with van der Waals surface area (Å²) in [5.74, 6) is -2.49. The molecule has 160 valence electrons. The molecule has 0 atom stereocenters. The molecule has 12 heteroatoms. The molecule has 0 radical (unpaired) electrons. The topological polar surface area (TPSA) is 111 Å². The second-order valence-corrected chi connectivity index (χ2v) is 6.28. The van der Waals surface area contributed by atoms with Crippen LogP contribution in [0.5, 0.6) is 5.75 Å². The number of aromatic nitrogens is 4. The van der Waals surface area contributed by atoms with Crippen LogP contribution in [0.1, 0.15) is 5.69 Å². The van der Waals surface area contributed by atoms with Crippen molar-refractivity contribution in [2.45, 2.75) is 13.2 Å². The minimum atomic E-state index is -2.98. The lowest BCUT2D eigenvalue weighted by Gasteiger charge is -2.11. The Morgan fingerprint density at radius 2 is 1.87 bits per heavy atom. The molecule has 8 nitrogen and oxygen atoms in total. The number of pyridine rings is 1. The van der Waals surface area contributed by atoms with Crippen LogP contribution >= 0.6 is 0 Å². The van der Waals surface area contributed by atoms with Gasteiger partial charge in [-0.3, -0.25) is 0 Å². The molecule has 0 aliphatic rings. The molecule has 1 aromatic carbocycles. The van der Waals surface area contributed by atoms with Crippen LogP contribution in [-0.4, -0.2) is 31.3 Å². The number of halogens is 4. The van der Waals surface area contributed by atoms with Gasteiger partial charge in [0.1, 0.15) is 11.6 Å². The molecule has 3 heterocycles. The molecular weight excluding hydrogens is 420 g/mol. The van der Waals surface area contributed by atoms with Crippen molar-refractivity contribution in [3.05, 3.63) is 59.9 Å². The fourth-order valence-electron chi connectivity index (χ4n) is 2.94. The van der Waals surface area contributed by atoms with Crippen molar-refractivity contribution in [3.8, 4) is 17.1 Å². The maximum absolute atomic E-state index is 14.6. The Bertz CT molecular complexity index is 1250. The third kappa shape index (κ3) is 4.05. The molecule has 0 saturated carbocycles. The average Bonchev–Trinajstić information content (AvgIpc) is 3.10. The lowest BCUT2D eigenvalue weighted by molar-refractivity contribution is -0.0498. The molecule has 4 rings (SSSR count). The van der Waals surface area contributed by atoms with Crippen LogP contribution in [-0.2, 0) is 6.61 Å². The van der Waals surface area contributed by atoms with Crippen molar-refractivity contribution in [1.82, 2.24) is 19.6 Å². The zero-order chi connectivity index (χ0) is 22.1. The minimum absolute atomic E-state index is 0.0788. The molecule has 0 aliphatic carbocycles. The van der Waals surface area contributed by atoms with Gasteiger partial charge in [-0.15, -0.1) is 0 Å². The largest absolute Gasteiger partial charge is 0.435 e. The number of rotatable bonds is 6. The smallest absolute Gasteiger partial charge is 0.387 e. The third-order valence-electron chi connectivity index (χ3n) is 4.26. The van der Waals surface area contributed by atoms with Gasteiger partial charge >= 0.3 is 6.61 Å². The average molecular weight is 434 g/mol. The molecule has 0 amide bonds. The van der Waals surface area contributed by atoms with Gasteiger partial charge in [0.25, 0.3) is 0 Å². The van der Waals surface area contributed by atoms with Crippen LogP contribution < -0.4 is 15.8 Å². The summed E-state index contributed by atoms with van der Waals surface area (Å²) in [6.07, 6.45) is 1.35. The first-order chi connectivity index (χ1) is 14.9. The molecule has 4 N–H and O–H groups in total. The number of benzene rings is 1. The van der Waals surface area contributed by atoms with Crippen LogP contribution in [0.25, 0.3) is 16.9 Å². The number of aliphatic hydroxyl groups is 1. The lowest BCUT2D eigenvalue weighted by atomic mass is 10.2. The van der Waals surface area contributed by atoms with Gasteiger partial charge in [0, 0.05) is 18.0 Å². The number of ether oxygens (including phenoxy) is 1. The Balaban J connectivity index is 1.76. The monoisotopic (exact) mass is 434 g/mol. The summed E-state index contributed by atoms with van der Waals surface area (Å²) in [5.41, 5.74) is 6.55.